The van der Waals surface area contributed by atoms with E-state index in [9.17, 15) is 8.78 Å². The van der Waals surface area contributed by atoms with Gasteiger partial charge in [-0.05, 0) is 31.2 Å². The number of benzene rings is 2. The van der Waals surface area contributed by atoms with Gasteiger partial charge in [0.2, 0.25) is 0 Å². The monoisotopic (exact) mass is 291 g/mol. The van der Waals surface area contributed by atoms with Gasteiger partial charge in [0.25, 0.3) is 0 Å². The van der Waals surface area contributed by atoms with E-state index >= 15 is 0 Å². The van der Waals surface area contributed by atoms with Crippen LogP contribution in [0.2, 0.25) is 0 Å². The predicted molar refractivity (Wildman–Crippen MR) is 79.3 cm³/mol. The zero-order chi connectivity index (χ0) is 15.2. The Bertz CT molecular complexity index is 574. The first-order valence-electron chi connectivity index (χ1n) is 6.99. The number of halogens is 2. The largest absolute Gasteiger partial charge is 0.485 e. The molecule has 0 aliphatic heterocycles. The first-order valence-corrected chi connectivity index (χ1v) is 6.99. The van der Waals surface area contributed by atoms with Gasteiger partial charge in [-0.15, -0.1) is 0 Å². The van der Waals surface area contributed by atoms with E-state index < -0.39 is 11.6 Å². The number of nitrogens with one attached hydrogen (secondary N) is 1. The molecule has 0 radical (unpaired) electrons. The maximum absolute atomic E-state index is 13.7. The third-order valence-electron chi connectivity index (χ3n) is 3.42. The average molecular weight is 291 g/mol. The molecule has 112 valence electrons. The Morgan fingerprint density at radius 2 is 1.81 bits per heavy atom. The summed E-state index contributed by atoms with van der Waals surface area (Å²) in [7, 11) is 1.84. The van der Waals surface area contributed by atoms with Crippen LogP contribution >= 0.6 is 0 Å². The summed E-state index contributed by atoms with van der Waals surface area (Å²) in [6.07, 6.45) is 0.439. The van der Waals surface area contributed by atoms with Crippen LogP contribution in [-0.2, 0) is 0 Å². The lowest BCUT2D eigenvalue weighted by atomic mass is 9.99. The van der Waals surface area contributed by atoms with Crippen molar-refractivity contribution < 1.29 is 13.5 Å². The fraction of sp³-hybridized carbons (Fsp3) is 0.294. The van der Waals surface area contributed by atoms with Crippen LogP contribution in [0.3, 0.4) is 0 Å². The lowest BCUT2D eigenvalue weighted by Gasteiger charge is -2.27. The van der Waals surface area contributed by atoms with Gasteiger partial charge in [-0.3, -0.25) is 0 Å². The van der Waals surface area contributed by atoms with Crippen LogP contribution < -0.4 is 10.1 Å². The normalized spacial score (nSPS) is 13.7. The molecule has 4 heteroatoms. The number of hydrogen-bond donors (Lipinski definition) is 1. The molecule has 2 rings (SSSR count). The fourth-order valence-electron chi connectivity index (χ4n) is 2.35. The van der Waals surface area contributed by atoms with Crippen molar-refractivity contribution in [1.29, 1.82) is 0 Å². The SMILES string of the molecule is CCC(Oc1ccc(F)cc1F)C(NC)c1ccccc1. The highest BCUT2D eigenvalue weighted by Crippen LogP contribution is 2.26. The van der Waals surface area contributed by atoms with E-state index in [2.05, 4.69) is 5.32 Å². The summed E-state index contributed by atoms with van der Waals surface area (Å²) in [5.41, 5.74) is 1.06. The summed E-state index contributed by atoms with van der Waals surface area (Å²) in [4.78, 5) is 0. The zero-order valence-electron chi connectivity index (χ0n) is 12.1. The second kappa shape index (κ2) is 7.18. The van der Waals surface area contributed by atoms with Crippen molar-refractivity contribution in [2.24, 2.45) is 0 Å². The van der Waals surface area contributed by atoms with Crippen LogP contribution in [0.25, 0.3) is 0 Å². The molecule has 2 aromatic rings. The number of rotatable bonds is 6. The van der Waals surface area contributed by atoms with Gasteiger partial charge in [-0.1, -0.05) is 37.3 Å². The Morgan fingerprint density at radius 3 is 2.38 bits per heavy atom. The van der Waals surface area contributed by atoms with Crippen molar-refractivity contribution in [3.05, 3.63) is 65.7 Å². The van der Waals surface area contributed by atoms with Crippen LogP contribution in [0.5, 0.6) is 5.75 Å². The molecule has 0 spiro atoms. The quantitative estimate of drug-likeness (QED) is 0.865. The van der Waals surface area contributed by atoms with Gasteiger partial charge in [-0.2, -0.15) is 0 Å². The molecule has 21 heavy (non-hydrogen) atoms. The van der Waals surface area contributed by atoms with E-state index in [1.54, 1.807) is 0 Å². The molecule has 0 aliphatic rings. The van der Waals surface area contributed by atoms with Gasteiger partial charge >= 0.3 is 0 Å². The lowest BCUT2D eigenvalue weighted by molar-refractivity contribution is 0.146. The smallest absolute Gasteiger partial charge is 0.167 e. The maximum atomic E-state index is 13.7. The summed E-state index contributed by atoms with van der Waals surface area (Å²) in [5.74, 6) is -1.23. The summed E-state index contributed by atoms with van der Waals surface area (Å²) < 4.78 is 32.4. The van der Waals surface area contributed by atoms with E-state index in [4.69, 9.17) is 4.74 Å². The second-order valence-corrected chi connectivity index (χ2v) is 4.82. The predicted octanol–water partition coefficient (Wildman–Crippen LogP) is 4.08. The standard InChI is InChI=1S/C17H19F2NO/c1-3-15(17(20-2)12-7-5-4-6-8-12)21-16-10-9-13(18)11-14(16)19/h4-11,15,17,20H,3H2,1-2H3. The number of hydrogen-bond acceptors (Lipinski definition) is 2. The Balaban J connectivity index is 2.22. The Hall–Kier alpha value is -1.94. The summed E-state index contributed by atoms with van der Waals surface area (Å²) in [6.45, 7) is 1.97. The summed E-state index contributed by atoms with van der Waals surface area (Å²) in [5, 5.41) is 3.20. The van der Waals surface area contributed by atoms with Crippen molar-refractivity contribution in [2.45, 2.75) is 25.5 Å². The second-order valence-electron chi connectivity index (χ2n) is 4.82. The lowest BCUT2D eigenvalue weighted by Crippen LogP contribution is -2.33. The minimum atomic E-state index is -0.684. The van der Waals surface area contributed by atoms with Crippen molar-refractivity contribution >= 4 is 0 Å². The molecular formula is C17H19F2NO. The van der Waals surface area contributed by atoms with Gasteiger partial charge in [0, 0.05) is 6.07 Å². The molecular weight excluding hydrogens is 272 g/mol. The van der Waals surface area contributed by atoms with E-state index in [0.29, 0.717) is 6.42 Å². The van der Waals surface area contributed by atoms with Crippen LogP contribution in [-0.4, -0.2) is 13.2 Å². The molecule has 2 atom stereocenters. The van der Waals surface area contributed by atoms with Gasteiger partial charge in [0.1, 0.15) is 11.9 Å². The van der Waals surface area contributed by atoms with Crippen molar-refractivity contribution in [1.82, 2.24) is 5.32 Å². The molecule has 0 saturated heterocycles. The zero-order valence-corrected chi connectivity index (χ0v) is 12.1. The van der Waals surface area contributed by atoms with Crippen LogP contribution in [0.4, 0.5) is 8.78 Å². The van der Waals surface area contributed by atoms with E-state index in [1.807, 2.05) is 44.3 Å². The van der Waals surface area contributed by atoms with Crippen LogP contribution in [0.15, 0.2) is 48.5 Å². The number of likely N-dealkylation sites (N-methyl/N-ethyl adjacent to an activating group) is 1. The summed E-state index contributed by atoms with van der Waals surface area (Å²) >= 11 is 0. The molecule has 0 bridgehead atoms. The summed E-state index contributed by atoms with van der Waals surface area (Å²) in [6, 6.07) is 13.1. The first kappa shape index (κ1) is 15.4. The van der Waals surface area contributed by atoms with Crippen molar-refractivity contribution in [2.75, 3.05) is 7.05 Å². The average Bonchev–Trinajstić information content (AvgIpc) is 2.50. The molecule has 0 fully saturated rings. The number of ether oxygens (including phenoxy) is 1. The highest BCUT2D eigenvalue weighted by atomic mass is 19.1. The molecule has 1 N–H and O–H groups in total. The molecule has 2 unspecified atom stereocenters. The van der Waals surface area contributed by atoms with Crippen LogP contribution in [0.1, 0.15) is 24.9 Å². The van der Waals surface area contributed by atoms with Crippen molar-refractivity contribution in [3.63, 3.8) is 0 Å². The van der Waals surface area contributed by atoms with Crippen molar-refractivity contribution in [3.8, 4) is 5.75 Å². The fourth-order valence-corrected chi connectivity index (χ4v) is 2.35. The Kier molecular flexibility index (Phi) is 5.28. The molecule has 0 aromatic heterocycles. The van der Waals surface area contributed by atoms with Gasteiger partial charge in [0.05, 0.1) is 6.04 Å². The van der Waals surface area contributed by atoms with Gasteiger partial charge in [0.15, 0.2) is 11.6 Å². The van der Waals surface area contributed by atoms with E-state index in [-0.39, 0.29) is 17.9 Å². The third-order valence-corrected chi connectivity index (χ3v) is 3.42. The molecule has 0 saturated carbocycles. The van der Waals surface area contributed by atoms with E-state index in [0.717, 1.165) is 11.6 Å². The van der Waals surface area contributed by atoms with Crippen LogP contribution in [0, 0.1) is 11.6 Å². The topological polar surface area (TPSA) is 21.3 Å². The van der Waals surface area contributed by atoms with Gasteiger partial charge < -0.3 is 10.1 Å². The minimum absolute atomic E-state index is 0.0688. The third kappa shape index (κ3) is 3.79. The minimum Gasteiger partial charge on any atom is -0.485 e. The molecule has 0 aliphatic carbocycles. The maximum Gasteiger partial charge on any atom is 0.167 e. The molecule has 0 heterocycles. The van der Waals surface area contributed by atoms with Gasteiger partial charge in [-0.25, -0.2) is 8.78 Å². The molecule has 0 amide bonds. The first-order chi connectivity index (χ1) is 10.2. The molecule has 2 aromatic carbocycles. The molecule has 2 nitrogen and oxygen atoms in total. The Labute approximate surface area is 123 Å². The van der Waals surface area contributed by atoms with E-state index in [1.165, 1.54) is 12.1 Å². The highest BCUT2D eigenvalue weighted by molar-refractivity contribution is 5.26. The highest BCUT2D eigenvalue weighted by Gasteiger charge is 2.23. The Morgan fingerprint density at radius 1 is 1.10 bits per heavy atom.